The third-order valence-electron chi connectivity index (χ3n) is 3.46. The maximum atomic E-state index is 12.2. The molecule has 0 radical (unpaired) electrons. The van der Waals surface area contributed by atoms with E-state index in [0.717, 1.165) is 4.90 Å². The molecule has 1 saturated heterocycles. The van der Waals surface area contributed by atoms with Crippen LogP contribution in [0.1, 0.15) is 13.8 Å². The van der Waals surface area contributed by atoms with E-state index in [1.54, 1.807) is 29.1 Å². The molecule has 108 valence electrons. The van der Waals surface area contributed by atoms with Crippen LogP contribution in [0.15, 0.2) is 29.4 Å². The Balaban J connectivity index is 1.91. The minimum absolute atomic E-state index is 0.0171. The van der Waals surface area contributed by atoms with E-state index in [2.05, 4.69) is 4.98 Å². The summed E-state index contributed by atoms with van der Waals surface area (Å²) in [6.07, 6.45) is 3.41. The smallest absolute Gasteiger partial charge is 0.245 e. The van der Waals surface area contributed by atoms with Crippen LogP contribution in [0.2, 0.25) is 0 Å². The van der Waals surface area contributed by atoms with Crippen molar-refractivity contribution in [3.8, 4) is 0 Å². The highest BCUT2D eigenvalue weighted by Crippen LogP contribution is 2.19. The molecule has 1 aliphatic heterocycles. The van der Waals surface area contributed by atoms with E-state index in [1.807, 2.05) is 19.1 Å². The maximum absolute atomic E-state index is 12.2. The van der Waals surface area contributed by atoms with Gasteiger partial charge in [0, 0.05) is 36.9 Å². The third kappa shape index (κ3) is 3.30. The average molecular weight is 293 g/mol. The first-order valence-corrected chi connectivity index (χ1v) is 7.73. The molecule has 0 spiro atoms. The quantitative estimate of drug-likeness (QED) is 0.784. The van der Waals surface area contributed by atoms with Gasteiger partial charge >= 0.3 is 0 Å². The first kappa shape index (κ1) is 14.8. The molecular weight excluding hydrogens is 274 g/mol. The van der Waals surface area contributed by atoms with Crippen LogP contribution in [0.5, 0.6) is 0 Å². The highest BCUT2D eigenvalue weighted by molar-refractivity contribution is 8.00. The summed E-state index contributed by atoms with van der Waals surface area (Å²) in [5, 5.41) is 0. The molecular formula is C14H19N3O2S. The Labute approximate surface area is 123 Å². The first-order chi connectivity index (χ1) is 9.63. The summed E-state index contributed by atoms with van der Waals surface area (Å²) < 4.78 is 0. The number of carbonyl (C=O) groups excluding carboxylic acids is 2. The van der Waals surface area contributed by atoms with E-state index >= 15 is 0 Å². The van der Waals surface area contributed by atoms with Gasteiger partial charge in [0.15, 0.2) is 0 Å². The zero-order valence-electron chi connectivity index (χ0n) is 11.8. The molecule has 0 aliphatic carbocycles. The zero-order valence-corrected chi connectivity index (χ0v) is 12.6. The predicted octanol–water partition coefficient (Wildman–Crippen LogP) is 1.25. The molecule has 1 atom stereocenters. The number of thioether (sulfide) groups is 1. The van der Waals surface area contributed by atoms with E-state index in [-0.39, 0.29) is 17.9 Å². The second kappa shape index (κ2) is 6.74. The summed E-state index contributed by atoms with van der Waals surface area (Å²) in [4.78, 5) is 32.7. The van der Waals surface area contributed by atoms with E-state index in [4.69, 9.17) is 0 Å². The Morgan fingerprint density at radius 2 is 2.10 bits per heavy atom. The summed E-state index contributed by atoms with van der Waals surface area (Å²) in [6.45, 7) is 5.72. The molecule has 0 aromatic carbocycles. The van der Waals surface area contributed by atoms with Crippen molar-refractivity contribution in [3.63, 3.8) is 0 Å². The van der Waals surface area contributed by atoms with Gasteiger partial charge in [0.1, 0.15) is 6.04 Å². The van der Waals surface area contributed by atoms with Crippen molar-refractivity contribution >= 4 is 23.6 Å². The van der Waals surface area contributed by atoms with Gasteiger partial charge in [0.05, 0.1) is 5.75 Å². The van der Waals surface area contributed by atoms with E-state index in [9.17, 15) is 9.59 Å². The van der Waals surface area contributed by atoms with Crippen LogP contribution in [0, 0.1) is 0 Å². The van der Waals surface area contributed by atoms with Crippen LogP contribution in [0.3, 0.4) is 0 Å². The van der Waals surface area contributed by atoms with Gasteiger partial charge in [-0.05, 0) is 26.0 Å². The van der Waals surface area contributed by atoms with Gasteiger partial charge < -0.3 is 9.80 Å². The fraction of sp³-hybridized carbons (Fsp3) is 0.500. The van der Waals surface area contributed by atoms with E-state index < -0.39 is 0 Å². The largest absolute Gasteiger partial charge is 0.339 e. The minimum Gasteiger partial charge on any atom is -0.339 e. The average Bonchev–Trinajstić information content (AvgIpc) is 2.48. The Bertz CT molecular complexity index is 481. The number of likely N-dealkylation sites (N-methyl/N-ethyl adjacent to an activating group) is 1. The summed E-state index contributed by atoms with van der Waals surface area (Å²) in [7, 11) is 0. The second-order valence-corrected chi connectivity index (χ2v) is 5.70. The molecule has 6 heteroatoms. The summed E-state index contributed by atoms with van der Waals surface area (Å²) in [5.74, 6) is 0.415. The number of pyridine rings is 1. The van der Waals surface area contributed by atoms with Crippen LogP contribution in [0.25, 0.3) is 0 Å². The topological polar surface area (TPSA) is 53.5 Å². The third-order valence-corrected chi connectivity index (χ3v) is 4.46. The normalized spacial score (nSPS) is 19.3. The van der Waals surface area contributed by atoms with Crippen LogP contribution < -0.4 is 0 Å². The van der Waals surface area contributed by atoms with Crippen molar-refractivity contribution in [3.05, 3.63) is 24.5 Å². The molecule has 2 heterocycles. The van der Waals surface area contributed by atoms with Crippen molar-refractivity contribution in [2.24, 2.45) is 0 Å². The van der Waals surface area contributed by atoms with Gasteiger partial charge in [-0.2, -0.15) is 0 Å². The molecule has 0 unspecified atom stereocenters. The van der Waals surface area contributed by atoms with E-state index in [1.165, 1.54) is 11.8 Å². The van der Waals surface area contributed by atoms with Crippen LogP contribution in [0.4, 0.5) is 0 Å². The monoisotopic (exact) mass is 293 g/mol. The standard InChI is InChI=1S/C14H19N3O2S/c1-3-16-8-9-17(11(2)14(16)19)13(18)10-20-12-4-6-15-7-5-12/h4-7,11H,3,8-10H2,1-2H3/t11-/m1/s1. The molecule has 20 heavy (non-hydrogen) atoms. The number of nitrogens with zero attached hydrogens (tertiary/aromatic N) is 3. The number of amides is 2. The van der Waals surface area contributed by atoms with Gasteiger partial charge in [0.2, 0.25) is 11.8 Å². The number of hydrogen-bond acceptors (Lipinski definition) is 4. The zero-order chi connectivity index (χ0) is 14.5. The van der Waals surface area contributed by atoms with E-state index in [0.29, 0.717) is 25.4 Å². The number of hydrogen-bond donors (Lipinski definition) is 0. The number of rotatable bonds is 4. The lowest BCUT2D eigenvalue weighted by molar-refractivity contribution is -0.149. The van der Waals surface area contributed by atoms with Crippen molar-refractivity contribution in [2.45, 2.75) is 24.8 Å². The van der Waals surface area contributed by atoms with Crippen molar-refractivity contribution in [1.82, 2.24) is 14.8 Å². The minimum atomic E-state index is -0.353. The first-order valence-electron chi connectivity index (χ1n) is 6.74. The molecule has 0 saturated carbocycles. The summed E-state index contributed by atoms with van der Waals surface area (Å²) >= 11 is 1.48. The molecule has 0 N–H and O–H groups in total. The molecule has 0 bridgehead atoms. The summed E-state index contributed by atoms with van der Waals surface area (Å²) in [6, 6.07) is 3.40. The van der Waals surface area contributed by atoms with Gasteiger partial charge in [0.25, 0.3) is 0 Å². The van der Waals surface area contributed by atoms with Crippen LogP contribution in [-0.2, 0) is 9.59 Å². The Morgan fingerprint density at radius 1 is 1.40 bits per heavy atom. The maximum Gasteiger partial charge on any atom is 0.245 e. The summed E-state index contributed by atoms with van der Waals surface area (Å²) in [5.41, 5.74) is 0. The molecule has 2 rings (SSSR count). The van der Waals surface area contributed by atoms with Crippen molar-refractivity contribution in [1.29, 1.82) is 0 Å². The lowest BCUT2D eigenvalue weighted by atomic mass is 10.2. The Morgan fingerprint density at radius 3 is 2.75 bits per heavy atom. The van der Waals surface area contributed by atoms with Gasteiger partial charge in [-0.15, -0.1) is 11.8 Å². The van der Waals surface area contributed by atoms with Gasteiger partial charge in [-0.25, -0.2) is 0 Å². The Kier molecular flexibility index (Phi) is 5.00. The van der Waals surface area contributed by atoms with Crippen LogP contribution in [-0.4, -0.2) is 58.0 Å². The SMILES string of the molecule is CCN1CCN(C(=O)CSc2ccncc2)[C@H](C)C1=O. The molecule has 1 fully saturated rings. The second-order valence-electron chi connectivity index (χ2n) is 4.65. The fourth-order valence-corrected chi connectivity index (χ4v) is 3.02. The molecule has 1 aliphatic rings. The molecule has 1 aromatic rings. The molecule has 5 nitrogen and oxygen atoms in total. The van der Waals surface area contributed by atoms with Crippen LogP contribution >= 0.6 is 11.8 Å². The fourth-order valence-electron chi connectivity index (χ4n) is 2.25. The predicted molar refractivity (Wildman–Crippen MR) is 78.4 cm³/mol. The highest BCUT2D eigenvalue weighted by atomic mass is 32.2. The highest BCUT2D eigenvalue weighted by Gasteiger charge is 2.33. The van der Waals surface area contributed by atoms with Gasteiger partial charge in [-0.1, -0.05) is 0 Å². The molecule has 2 amide bonds. The van der Waals surface area contributed by atoms with Gasteiger partial charge in [-0.3, -0.25) is 14.6 Å². The number of piperazine rings is 1. The Hall–Kier alpha value is -1.56. The lowest BCUT2D eigenvalue weighted by Gasteiger charge is -2.38. The molecule has 1 aromatic heterocycles. The lowest BCUT2D eigenvalue weighted by Crippen LogP contribution is -2.57. The van der Waals surface area contributed by atoms with Crippen molar-refractivity contribution < 1.29 is 9.59 Å². The number of aromatic nitrogens is 1. The van der Waals surface area contributed by atoms with Crippen molar-refractivity contribution in [2.75, 3.05) is 25.4 Å². The number of carbonyl (C=O) groups is 2.